The third-order valence-corrected chi connectivity index (χ3v) is 4.67. The van der Waals surface area contributed by atoms with Gasteiger partial charge in [0.1, 0.15) is 5.75 Å². The Bertz CT molecular complexity index is 989. The molecule has 1 N–H and O–H groups in total. The molecule has 0 saturated carbocycles. The monoisotopic (exact) mass is 431 g/mol. The van der Waals surface area contributed by atoms with Crippen LogP contribution >= 0.6 is 0 Å². The maximum atomic E-state index is 11.8. The molecule has 10 heteroatoms. The molecule has 0 aromatic heterocycles. The van der Waals surface area contributed by atoms with Gasteiger partial charge in [-0.15, -0.1) is 0 Å². The number of nitrogens with zero attached hydrogens (tertiary/aromatic N) is 5. The first kappa shape index (κ1) is 24.2. The first-order chi connectivity index (χ1) is 14.4. The van der Waals surface area contributed by atoms with E-state index in [9.17, 15) is 25.3 Å². The van der Waals surface area contributed by atoms with Gasteiger partial charge < -0.3 is 19.8 Å². The lowest BCUT2D eigenvalue weighted by atomic mass is 9.89. The zero-order valence-corrected chi connectivity index (χ0v) is 18.7. The van der Waals surface area contributed by atoms with Crippen molar-refractivity contribution in [2.45, 2.75) is 19.6 Å². The van der Waals surface area contributed by atoms with Gasteiger partial charge in [-0.1, -0.05) is 0 Å². The SMILES string of the molecule is CN(C)Cc1cc(CN(C)C)c(-c2ccc([N+](=O)[O-])cc2[N+](=O)[O-])c(CN(C)C)c1O. The summed E-state index contributed by atoms with van der Waals surface area (Å²) in [4.78, 5) is 27.5. The Morgan fingerprint density at radius 1 is 0.806 bits per heavy atom. The van der Waals surface area contributed by atoms with Gasteiger partial charge in [-0.3, -0.25) is 20.2 Å². The summed E-state index contributed by atoms with van der Waals surface area (Å²) in [6.07, 6.45) is 0. The molecule has 2 rings (SSSR count). The fourth-order valence-corrected chi connectivity index (χ4v) is 3.59. The second-order valence-corrected chi connectivity index (χ2v) is 8.33. The molecule has 31 heavy (non-hydrogen) atoms. The minimum Gasteiger partial charge on any atom is -0.507 e. The lowest BCUT2D eigenvalue weighted by molar-refractivity contribution is -0.393. The van der Waals surface area contributed by atoms with Crippen LogP contribution in [0, 0.1) is 20.2 Å². The predicted octanol–water partition coefficient (Wildman–Crippen LogP) is 3.06. The van der Waals surface area contributed by atoms with Gasteiger partial charge in [0.25, 0.3) is 11.4 Å². The molecule has 0 aliphatic carbocycles. The molecule has 0 saturated heterocycles. The highest BCUT2D eigenvalue weighted by Gasteiger charge is 2.27. The van der Waals surface area contributed by atoms with Gasteiger partial charge in [-0.2, -0.15) is 0 Å². The number of nitro groups is 2. The van der Waals surface area contributed by atoms with Crippen molar-refractivity contribution in [3.05, 3.63) is 61.2 Å². The number of phenols is 1. The minimum absolute atomic E-state index is 0.0764. The number of hydrogen-bond donors (Lipinski definition) is 1. The van der Waals surface area contributed by atoms with E-state index in [0.717, 1.165) is 11.6 Å². The smallest absolute Gasteiger partial charge is 0.284 e. The average Bonchev–Trinajstić information content (AvgIpc) is 2.64. The van der Waals surface area contributed by atoms with Crippen LogP contribution in [0.5, 0.6) is 5.75 Å². The van der Waals surface area contributed by atoms with E-state index in [-0.39, 0.29) is 22.7 Å². The van der Waals surface area contributed by atoms with Crippen LogP contribution in [0.25, 0.3) is 11.1 Å². The van der Waals surface area contributed by atoms with E-state index in [2.05, 4.69) is 0 Å². The van der Waals surface area contributed by atoms with Gasteiger partial charge in [-0.25, -0.2) is 0 Å². The number of nitro benzene ring substituents is 2. The molecule has 2 aromatic rings. The van der Waals surface area contributed by atoms with Crippen LogP contribution in [0.3, 0.4) is 0 Å². The molecule has 0 bridgehead atoms. The van der Waals surface area contributed by atoms with Gasteiger partial charge in [0.2, 0.25) is 0 Å². The largest absolute Gasteiger partial charge is 0.507 e. The zero-order valence-electron chi connectivity index (χ0n) is 18.7. The summed E-state index contributed by atoms with van der Waals surface area (Å²) < 4.78 is 0. The summed E-state index contributed by atoms with van der Waals surface area (Å²) in [5.74, 6) is 0.0764. The normalized spacial score (nSPS) is 11.5. The molecule has 0 amide bonds. The maximum Gasteiger partial charge on any atom is 0.284 e. The van der Waals surface area contributed by atoms with E-state index >= 15 is 0 Å². The fourth-order valence-electron chi connectivity index (χ4n) is 3.59. The highest BCUT2D eigenvalue weighted by Crippen LogP contribution is 2.42. The molecule has 0 fully saturated rings. The second-order valence-electron chi connectivity index (χ2n) is 8.33. The van der Waals surface area contributed by atoms with Crippen molar-refractivity contribution >= 4 is 11.4 Å². The van der Waals surface area contributed by atoms with Gasteiger partial charge in [0, 0.05) is 42.4 Å². The molecule has 0 aliphatic rings. The average molecular weight is 431 g/mol. The summed E-state index contributed by atoms with van der Waals surface area (Å²) in [5, 5.41) is 34.1. The van der Waals surface area contributed by atoms with Crippen LogP contribution < -0.4 is 0 Å². The van der Waals surface area contributed by atoms with Crippen LogP contribution in [0.15, 0.2) is 24.3 Å². The summed E-state index contributed by atoms with van der Waals surface area (Å²) in [5.41, 5.74) is 2.12. The van der Waals surface area contributed by atoms with Gasteiger partial charge >= 0.3 is 0 Å². The number of benzene rings is 2. The topological polar surface area (TPSA) is 116 Å². The molecular weight excluding hydrogens is 402 g/mol. The van der Waals surface area contributed by atoms with Crippen LogP contribution in [-0.4, -0.2) is 71.9 Å². The number of rotatable bonds is 9. The van der Waals surface area contributed by atoms with Crippen LogP contribution in [0.1, 0.15) is 16.7 Å². The summed E-state index contributed by atoms with van der Waals surface area (Å²) in [6, 6.07) is 5.48. The Balaban J connectivity index is 2.93. The van der Waals surface area contributed by atoms with Crippen molar-refractivity contribution in [3.8, 4) is 16.9 Å². The molecule has 0 unspecified atom stereocenters. The molecular formula is C21H29N5O5. The first-order valence-corrected chi connectivity index (χ1v) is 9.66. The van der Waals surface area contributed by atoms with E-state index < -0.39 is 9.85 Å². The summed E-state index contributed by atoms with van der Waals surface area (Å²) in [7, 11) is 11.3. The molecule has 0 aliphatic heterocycles. The lowest BCUT2D eigenvalue weighted by Gasteiger charge is -2.24. The molecule has 0 atom stereocenters. The molecule has 2 aromatic carbocycles. The molecule has 0 spiro atoms. The minimum atomic E-state index is -0.657. The van der Waals surface area contributed by atoms with E-state index in [4.69, 9.17) is 0 Å². The lowest BCUT2D eigenvalue weighted by Crippen LogP contribution is -2.18. The van der Waals surface area contributed by atoms with E-state index in [0.29, 0.717) is 36.3 Å². The highest BCUT2D eigenvalue weighted by atomic mass is 16.6. The highest BCUT2D eigenvalue weighted by molar-refractivity contribution is 5.82. The molecule has 168 valence electrons. The van der Waals surface area contributed by atoms with E-state index in [1.807, 2.05) is 63.1 Å². The summed E-state index contributed by atoms with van der Waals surface area (Å²) >= 11 is 0. The zero-order chi connectivity index (χ0) is 23.5. The Kier molecular flexibility index (Phi) is 7.66. The van der Waals surface area contributed by atoms with Crippen molar-refractivity contribution in [1.29, 1.82) is 0 Å². The van der Waals surface area contributed by atoms with E-state index in [1.165, 1.54) is 12.1 Å². The van der Waals surface area contributed by atoms with Gasteiger partial charge in [-0.05, 0) is 60.0 Å². The van der Waals surface area contributed by atoms with Crippen molar-refractivity contribution in [3.63, 3.8) is 0 Å². The number of aromatic hydroxyl groups is 1. The van der Waals surface area contributed by atoms with Crippen LogP contribution in [-0.2, 0) is 19.6 Å². The maximum absolute atomic E-state index is 11.8. The van der Waals surface area contributed by atoms with E-state index in [1.54, 1.807) is 0 Å². The van der Waals surface area contributed by atoms with Crippen molar-refractivity contribution in [2.75, 3.05) is 42.3 Å². The Labute approximate surface area is 181 Å². The number of phenolic OH excluding ortho intramolecular Hbond substituents is 1. The molecule has 0 radical (unpaired) electrons. The Hall–Kier alpha value is -3.08. The predicted molar refractivity (Wildman–Crippen MR) is 119 cm³/mol. The molecule has 10 nitrogen and oxygen atoms in total. The van der Waals surface area contributed by atoms with Crippen LogP contribution in [0.4, 0.5) is 11.4 Å². The Morgan fingerprint density at radius 2 is 1.35 bits per heavy atom. The third-order valence-electron chi connectivity index (χ3n) is 4.67. The Morgan fingerprint density at radius 3 is 1.84 bits per heavy atom. The number of hydrogen-bond acceptors (Lipinski definition) is 8. The van der Waals surface area contributed by atoms with Gasteiger partial charge in [0.05, 0.1) is 21.5 Å². The third kappa shape index (κ3) is 5.75. The summed E-state index contributed by atoms with van der Waals surface area (Å²) in [6.45, 7) is 1.32. The first-order valence-electron chi connectivity index (χ1n) is 9.66. The quantitative estimate of drug-likeness (QED) is 0.476. The van der Waals surface area contributed by atoms with Crippen molar-refractivity contribution in [2.24, 2.45) is 0 Å². The van der Waals surface area contributed by atoms with Crippen molar-refractivity contribution < 1.29 is 15.0 Å². The fraction of sp³-hybridized carbons (Fsp3) is 0.429. The second kappa shape index (κ2) is 9.82. The standard InChI is InChI=1S/C21H29N5O5/c1-22(2)11-14-9-15(12-23(3)4)21(27)18(13-24(5)6)20(14)17-8-7-16(25(28)29)10-19(17)26(30)31/h7-10,27H,11-13H2,1-6H3. The van der Waals surface area contributed by atoms with Gasteiger partial charge in [0.15, 0.2) is 0 Å². The number of non-ortho nitro benzene ring substituents is 1. The van der Waals surface area contributed by atoms with Crippen LogP contribution in [0.2, 0.25) is 0 Å². The van der Waals surface area contributed by atoms with Crippen molar-refractivity contribution in [1.82, 2.24) is 14.7 Å². The molecule has 0 heterocycles.